The van der Waals surface area contributed by atoms with Gasteiger partial charge in [0.2, 0.25) is 0 Å². The van der Waals surface area contributed by atoms with E-state index in [1.807, 2.05) is 0 Å². The van der Waals surface area contributed by atoms with Gasteiger partial charge in [-0.15, -0.1) is 0 Å². The Balaban J connectivity index is 2.44. The number of alkyl halides is 1. The van der Waals surface area contributed by atoms with Crippen LogP contribution in [0.15, 0.2) is 24.3 Å². The van der Waals surface area contributed by atoms with Crippen molar-refractivity contribution in [2.75, 3.05) is 0 Å². The van der Waals surface area contributed by atoms with Crippen LogP contribution < -0.4 is 0 Å². The molecule has 0 aliphatic heterocycles. The summed E-state index contributed by atoms with van der Waals surface area (Å²) in [6, 6.07) is 8.83. The fraction of sp³-hybridized carbons (Fsp3) is 0.400. The van der Waals surface area contributed by atoms with Crippen LogP contribution in [0.2, 0.25) is 0 Å². The highest BCUT2D eigenvalue weighted by Crippen LogP contribution is 2.35. The molecule has 0 N–H and O–H groups in total. The van der Waals surface area contributed by atoms with E-state index in [1.165, 1.54) is 19.3 Å². The first kappa shape index (κ1) is 7.59. The summed E-state index contributed by atoms with van der Waals surface area (Å²) in [5.74, 6) is 0. The van der Waals surface area contributed by atoms with E-state index in [4.69, 9.17) is 0 Å². The molecule has 0 radical (unpaired) electrons. The Labute approximate surface area is 81.1 Å². The van der Waals surface area contributed by atoms with Crippen LogP contribution in [-0.4, -0.2) is 0 Å². The minimum Gasteiger partial charge on any atom is -0.0774 e. The van der Waals surface area contributed by atoms with Gasteiger partial charge in [-0.05, 0) is 30.4 Å². The summed E-state index contributed by atoms with van der Waals surface area (Å²) in [4.78, 5) is 0. The molecule has 0 aromatic heterocycles. The molecule has 0 bridgehead atoms. The van der Waals surface area contributed by atoms with Gasteiger partial charge in [-0.2, -0.15) is 0 Å². The molecule has 1 atom stereocenters. The third-order valence-corrected chi connectivity index (χ3v) is 3.59. The van der Waals surface area contributed by atoms with Crippen molar-refractivity contribution < 1.29 is 0 Å². The molecule has 1 aliphatic carbocycles. The Hall–Kier alpha value is -0.0500. The van der Waals surface area contributed by atoms with Crippen LogP contribution in [0.1, 0.15) is 27.9 Å². The lowest BCUT2D eigenvalue weighted by molar-refractivity contribution is 0.689. The number of hydrogen-bond donors (Lipinski definition) is 0. The van der Waals surface area contributed by atoms with Crippen LogP contribution in [0.5, 0.6) is 0 Å². The maximum absolute atomic E-state index is 2.55. The zero-order valence-electron chi connectivity index (χ0n) is 6.39. The first-order valence-corrected chi connectivity index (χ1v) is 5.34. The van der Waals surface area contributed by atoms with Gasteiger partial charge < -0.3 is 0 Å². The Morgan fingerprint density at radius 3 is 2.91 bits per heavy atom. The second-order valence-electron chi connectivity index (χ2n) is 3.06. The summed E-state index contributed by atoms with van der Waals surface area (Å²) < 4.78 is 0.762. The molecule has 0 unspecified atom stereocenters. The topological polar surface area (TPSA) is 0 Å². The number of rotatable bonds is 0. The molecule has 2 rings (SSSR count). The highest BCUT2D eigenvalue weighted by Gasteiger charge is 2.15. The number of aryl methyl sites for hydroxylation is 1. The molecule has 0 fully saturated rings. The third kappa shape index (κ3) is 1.43. The maximum atomic E-state index is 2.55. The van der Waals surface area contributed by atoms with Crippen LogP contribution >= 0.6 is 22.6 Å². The van der Waals surface area contributed by atoms with Crippen molar-refractivity contribution in [1.29, 1.82) is 0 Å². The average Bonchev–Trinajstić information content (AvgIpc) is 2.06. The minimum absolute atomic E-state index is 0.762. The zero-order valence-corrected chi connectivity index (χ0v) is 8.54. The number of halogens is 1. The van der Waals surface area contributed by atoms with E-state index >= 15 is 0 Å². The lowest BCUT2D eigenvalue weighted by atomic mass is 9.92. The lowest BCUT2D eigenvalue weighted by Crippen LogP contribution is -2.03. The summed E-state index contributed by atoms with van der Waals surface area (Å²) in [6.07, 6.45) is 4.01. The van der Waals surface area contributed by atoms with E-state index in [9.17, 15) is 0 Å². The van der Waals surface area contributed by atoms with Gasteiger partial charge in [0, 0.05) is 3.92 Å². The van der Waals surface area contributed by atoms with Crippen molar-refractivity contribution in [3.05, 3.63) is 35.4 Å². The minimum atomic E-state index is 0.762. The van der Waals surface area contributed by atoms with Crippen LogP contribution in [0.25, 0.3) is 0 Å². The first-order chi connectivity index (χ1) is 5.38. The van der Waals surface area contributed by atoms with Crippen molar-refractivity contribution >= 4 is 22.6 Å². The second-order valence-corrected chi connectivity index (χ2v) is 4.56. The van der Waals surface area contributed by atoms with Gasteiger partial charge in [0.15, 0.2) is 0 Å². The highest BCUT2D eigenvalue weighted by atomic mass is 127. The fourth-order valence-corrected chi connectivity index (χ4v) is 2.74. The Kier molecular flexibility index (Phi) is 2.16. The summed E-state index contributed by atoms with van der Waals surface area (Å²) in [5.41, 5.74) is 3.14. The van der Waals surface area contributed by atoms with Crippen LogP contribution in [-0.2, 0) is 6.42 Å². The SMILES string of the molecule is I[C@@H]1CCCc2ccccc21. The lowest BCUT2D eigenvalue weighted by Gasteiger charge is -2.20. The largest absolute Gasteiger partial charge is 0.0774 e. The molecule has 1 aliphatic rings. The van der Waals surface area contributed by atoms with E-state index in [0.29, 0.717) is 0 Å². The monoisotopic (exact) mass is 258 g/mol. The molecule has 0 spiro atoms. The van der Waals surface area contributed by atoms with Gasteiger partial charge in [-0.3, -0.25) is 0 Å². The van der Waals surface area contributed by atoms with E-state index in [0.717, 1.165) is 3.92 Å². The highest BCUT2D eigenvalue weighted by molar-refractivity contribution is 14.1. The maximum Gasteiger partial charge on any atom is 0.0362 e. The molecule has 0 saturated heterocycles. The van der Waals surface area contributed by atoms with Gasteiger partial charge >= 0.3 is 0 Å². The van der Waals surface area contributed by atoms with E-state index < -0.39 is 0 Å². The number of hydrogen-bond acceptors (Lipinski definition) is 0. The van der Waals surface area contributed by atoms with Gasteiger partial charge in [-0.1, -0.05) is 46.9 Å². The van der Waals surface area contributed by atoms with Crippen molar-refractivity contribution in [3.8, 4) is 0 Å². The smallest absolute Gasteiger partial charge is 0.0362 e. The van der Waals surface area contributed by atoms with E-state index in [1.54, 1.807) is 11.1 Å². The Morgan fingerprint density at radius 2 is 2.09 bits per heavy atom. The summed E-state index contributed by atoms with van der Waals surface area (Å²) in [6.45, 7) is 0. The van der Waals surface area contributed by atoms with E-state index in [2.05, 4.69) is 46.9 Å². The summed E-state index contributed by atoms with van der Waals surface area (Å²) in [5, 5.41) is 0. The molecule has 0 heterocycles. The fourth-order valence-electron chi connectivity index (χ4n) is 1.69. The van der Waals surface area contributed by atoms with Crippen molar-refractivity contribution in [2.45, 2.75) is 23.2 Å². The first-order valence-electron chi connectivity index (χ1n) is 4.10. The second kappa shape index (κ2) is 3.13. The Bertz CT molecular complexity index is 255. The van der Waals surface area contributed by atoms with Crippen molar-refractivity contribution in [2.24, 2.45) is 0 Å². The number of fused-ring (bicyclic) bond motifs is 1. The predicted octanol–water partition coefficient (Wildman–Crippen LogP) is 3.50. The predicted molar refractivity (Wildman–Crippen MR) is 56.1 cm³/mol. The molecule has 0 amide bonds. The Morgan fingerprint density at radius 1 is 1.27 bits per heavy atom. The van der Waals surface area contributed by atoms with Gasteiger partial charge in [0.25, 0.3) is 0 Å². The molecule has 1 aromatic rings. The van der Waals surface area contributed by atoms with Crippen molar-refractivity contribution in [1.82, 2.24) is 0 Å². The molecule has 0 nitrogen and oxygen atoms in total. The molecule has 0 saturated carbocycles. The molecule has 1 heteroatoms. The molecular formula is C10H11I. The number of benzene rings is 1. The molecular weight excluding hydrogens is 247 g/mol. The van der Waals surface area contributed by atoms with E-state index in [-0.39, 0.29) is 0 Å². The molecule has 1 aromatic carbocycles. The zero-order chi connectivity index (χ0) is 7.68. The van der Waals surface area contributed by atoms with Crippen LogP contribution in [0.3, 0.4) is 0 Å². The summed E-state index contributed by atoms with van der Waals surface area (Å²) >= 11 is 2.55. The normalized spacial score (nSPS) is 22.8. The van der Waals surface area contributed by atoms with Crippen molar-refractivity contribution in [3.63, 3.8) is 0 Å². The van der Waals surface area contributed by atoms with Gasteiger partial charge in [-0.25, -0.2) is 0 Å². The van der Waals surface area contributed by atoms with Crippen LogP contribution in [0, 0.1) is 0 Å². The molecule has 58 valence electrons. The summed E-state index contributed by atoms with van der Waals surface area (Å²) in [7, 11) is 0. The average molecular weight is 258 g/mol. The standard InChI is InChI=1S/C10H11I/c11-10-7-3-5-8-4-1-2-6-9(8)10/h1-2,4,6,10H,3,5,7H2/t10-/m1/s1. The molecule has 11 heavy (non-hydrogen) atoms. The van der Waals surface area contributed by atoms with Gasteiger partial charge in [0.05, 0.1) is 0 Å². The van der Waals surface area contributed by atoms with Gasteiger partial charge in [0.1, 0.15) is 0 Å². The quantitative estimate of drug-likeness (QED) is 0.493. The van der Waals surface area contributed by atoms with Crippen LogP contribution in [0.4, 0.5) is 0 Å². The third-order valence-electron chi connectivity index (χ3n) is 2.30.